The summed E-state index contributed by atoms with van der Waals surface area (Å²) in [5, 5.41) is 1.11. The highest BCUT2D eigenvalue weighted by atomic mass is 16.2. The molecule has 0 radical (unpaired) electrons. The molecule has 0 spiro atoms. The van der Waals surface area contributed by atoms with E-state index in [9.17, 15) is 9.59 Å². The van der Waals surface area contributed by atoms with Crippen molar-refractivity contribution in [1.82, 2.24) is 15.8 Å². The number of carbonyl (C=O) groups is 2. The molecule has 0 fully saturated rings. The number of nitrogens with one attached hydrogen (secondary N) is 3. The fraction of sp³-hybridized carbons (Fsp3) is 0.273. The second-order valence-corrected chi connectivity index (χ2v) is 7.28. The van der Waals surface area contributed by atoms with Crippen molar-refractivity contribution in [3.05, 3.63) is 69.9 Å². The number of aryl methyl sites for hydroxylation is 4. The molecule has 0 bridgehead atoms. The lowest BCUT2D eigenvalue weighted by Crippen LogP contribution is -2.41. The molecule has 5 heteroatoms. The van der Waals surface area contributed by atoms with Crippen molar-refractivity contribution in [3.8, 4) is 0 Å². The number of aromatic nitrogens is 1. The van der Waals surface area contributed by atoms with E-state index >= 15 is 0 Å². The van der Waals surface area contributed by atoms with Crippen LogP contribution in [0.2, 0.25) is 0 Å². The van der Waals surface area contributed by atoms with Crippen molar-refractivity contribution in [2.75, 3.05) is 0 Å². The van der Waals surface area contributed by atoms with E-state index in [2.05, 4.69) is 15.8 Å². The van der Waals surface area contributed by atoms with Crippen molar-refractivity contribution in [2.24, 2.45) is 0 Å². The number of hydrogen-bond donors (Lipinski definition) is 3. The maximum absolute atomic E-state index is 12.5. The fourth-order valence-corrected chi connectivity index (χ4v) is 3.87. The van der Waals surface area contributed by atoms with Gasteiger partial charge in [-0.1, -0.05) is 17.7 Å². The minimum atomic E-state index is -0.319. The largest absolute Gasteiger partial charge is 0.358 e. The molecule has 2 amide bonds. The predicted molar refractivity (Wildman–Crippen MR) is 106 cm³/mol. The van der Waals surface area contributed by atoms with Gasteiger partial charge in [0.25, 0.3) is 11.8 Å². The van der Waals surface area contributed by atoms with E-state index in [0.29, 0.717) is 11.1 Å². The third kappa shape index (κ3) is 3.33. The van der Waals surface area contributed by atoms with Gasteiger partial charge in [-0.05, 0) is 74.9 Å². The number of H-pyrrole nitrogens is 1. The molecule has 138 valence electrons. The molecule has 27 heavy (non-hydrogen) atoms. The van der Waals surface area contributed by atoms with Crippen LogP contribution in [0.15, 0.2) is 36.4 Å². The zero-order valence-corrected chi connectivity index (χ0v) is 15.6. The normalized spacial score (nSPS) is 13.3. The molecular formula is C22H23N3O2. The van der Waals surface area contributed by atoms with Gasteiger partial charge < -0.3 is 4.98 Å². The number of carbonyl (C=O) groups excluding carboxylic acids is 2. The summed E-state index contributed by atoms with van der Waals surface area (Å²) >= 11 is 0. The van der Waals surface area contributed by atoms with E-state index in [1.54, 1.807) is 12.1 Å². The standard InChI is InChI=1S/C22H23N3O2/c1-13-7-9-16(14(2)11-13)22(27)25-24-21(26)15-8-10-20-18(12-15)17-5-3-4-6-19(17)23-20/h7-12,23H,3-6H2,1-2H3,(H,24,26)(H,25,27). The first-order chi connectivity index (χ1) is 13.0. The van der Waals surface area contributed by atoms with Gasteiger partial charge in [-0.15, -0.1) is 0 Å². The first-order valence-electron chi connectivity index (χ1n) is 9.34. The SMILES string of the molecule is Cc1ccc(C(=O)NNC(=O)c2ccc3[nH]c4c(c3c2)CCCC4)c(C)c1. The van der Waals surface area contributed by atoms with Crippen LogP contribution in [0.3, 0.4) is 0 Å². The average molecular weight is 361 g/mol. The van der Waals surface area contributed by atoms with Crippen LogP contribution in [0.5, 0.6) is 0 Å². The minimum absolute atomic E-state index is 0.319. The van der Waals surface area contributed by atoms with E-state index in [0.717, 1.165) is 34.9 Å². The minimum Gasteiger partial charge on any atom is -0.358 e. The van der Waals surface area contributed by atoms with E-state index in [1.807, 2.05) is 38.1 Å². The second kappa shape index (κ2) is 6.91. The average Bonchev–Trinajstić information content (AvgIpc) is 3.03. The quantitative estimate of drug-likeness (QED) is 0.608. The summed E-state index contributed by atoms with van der Waals surface area (Å²) in [6, 6.07) is 11.2. The van der Waals surface area contributed by atoms with Crippen LogP contribution in [0.1, 0.15) is 55.9 Å². The molecule has 3 N–H and O–H groups in total. The molecule has 0 saturated carbocycles. The Bertz CT molecular complexity index is 1050. The Hall–Kier alpha value is -3.08. The monoisotopic (exact) mass is 361 g/mol. The smallest absolute Gasteiger partial charge is 0.269 e. The number of fused-ring (bicyclic) bond motifs is 3. The highest BCUT2D eigenvalue weighted by Gasteiger charge is 2.17. The molecule has 1 aliphatic rings. The highest BCUT2D eigenvalue weighted by molar-refractivity contribution is 6.02. The molecule has 3 aromatic rings. The molecule has 0 unspecified atom stereocenters. The van der Waals surface area contributed by atoms with E-state index in [4.69, 9.17) is 0 Å². The Morgan fingerprint density at radius 2 is 1.70 bits per heavy atom. The lowest BCUT2D eigenvalue weighted by molar-refractivity contribution is 0.0846. The van der Waals surface area contributed by atoms with E-state index in [-0.39, 0.29) is 11.8 Å². The summed E-state index contributed by atoms with van der Waals surface area (Å²) in [6.07, 6.45) is 4.50. The third-order valence-electron chi connectivity index (χ3n) is 5.28. The highest BCUT2D eigenvalue weighted by Crippen LogP contribution is 2.29. The molecule has 4 rings (SSSR count). The van der Waals surface area contributed by atoms with Crippen LogP contribution in [0.25, 0.3) is 10.9 Å². The van der Waals surface area contributed by atoms with Crippen LogP contribution < -0.4 is 10.9 Å². The van der Waals surface area contributed by atoms with Gasteiger partial charge >= 0.3 is 0 Å². The number of hydrogen-bond acceptors (Lipinski definition) is 2. The molecule has 5 nitrogen and oxygen atoms in total. The van der Waals surface area contributed by atoms with Crippen LogP contribution in [-0.4, -0.2) is 16.8 Å². The van der Waals surface area contributed by atoms with Crippen LogP contribution in [0, 0.1) is 13.8 Å². The van der Waals surface area contributed by atoms with Gasteiger partial charge in [-0.25, -0.2) is 0 Å². The third-order valence-corrected chi connectivity index (χ3v) is 5.28. The number of rotatable bonds is 2. The Labute approximate surface area is 158 Å². The first-order valence-corrected chi connectivity index (χ1v) is 9.34. The van der Waals surface area contributed by atoms with E-state index in [1.165, 1.54) is 24.1 Å². The van der Waals surface area contributed by atoms with E-state index < -0.39 is 0 Å². The van der Waals surface area contributed by atoms with Gasteiger partial charge in [-0.3, -0.25) is 20.4 Å². The van der Waals surface area contributed by atoms with Gasteiger partial charge in [0, 0.05) is 27.7 Å². The van der Waals surface area contributed by atoms with Crippen molar-refractivity contribution in [3.63, 3.8) is 0 Å². The fourth-order valence-electron chi connectivity index (χ4n) is 3.87. The topological polar surface area (TPSA) is 74.0 Å². The lowest BCUT2D eigenvalue weighted by atomic mass is 9.95. The summed E-state index contributed by atoms with van der Waals surface area (Å²) in [6.45, 7) is 3.86. The molecule has 1 aromatic heterocycles. The molecular weight excluding hydrogens is 338 g/mol. The summed E-state index contributed by atoms with van der Waals surface area (Å²) in [7, 11) is 0. The molecule has 0 aliphatic heterocycles. The Morgan fingerprint density at radius 3 is 2.52 bits per heavy atom. The van der Waals surface area contributed by atoms with Crippen LogP contribution in [0.4, 0.5) is 0 Å². The first kappa shape index (κ1) is 17.3. The molecule has 0 atom stereocenters. The Balaban J connectivity index is 1.50. The number of benzene rings is 2. The van der Waals surface area contributed by atoms with Gasteiger partial charge in [0.15, 0.2) is 0 Å². The van der Waals surface area contributed by atoms with Crippen LogP contribution in [-0.2, 0) is 12.8 Å². The van der Waals surface area contributed by atoms with Crippen molar-refractivity contribution >= 4 is 22.7 Å². The summed E-state index contributed by atoms with van der Waals surface area (Å²) < 4.78 is 0. The Morgan fingerprint density at radius 1 is 0.926 bits per heavy atom. The maximum Gasteiger partial charge on any atom is 0.269 e. The van der Waals surface area contributed by atoms with Gasteiger partial charge in [0.2, 0.25) is 0 Å². The Kier molecular flexibility index (Phi) is 4.44. The zero-order valence-electron chi connectivity index (χ0n) is 15.6. The number of aromatic amines is 1. The summed E-state index contributed by atoms with van der Waals surface area (Å²) in [5.41, 5.74) is 11.8. The van der Waals surface area contributed by atoms with Gasteiger partial charge in [0.05, 0.1) is 0 Å². The van der Waals surface area contributed by atoms with Crippen molar-refractivity contribution in [2.45, 2.75) is 39.5 Å². The molecule has 2 aromatic carbocycles. The molecule has 0 saturated heterocycles. The number of hydrazine groups is 1. The van der Waals surface area contributed by atoms with Crippen LogP contribution >= 0.6 is 0 Å². The summed E-state index contributed by atoms with van der Waals surface area (Å²) in [4.78, 5) is 28.3. The summed E-state index contributed by atoms with van der Waals surface area (Å²) in [5.74, 6) is -0.637. The van der Waals surface area contributed by atoms with Gasteiger partial charge in [0.1, 0.15) is 0 Å². The lowest BCUT2D eigenvalue weighted by Gasteiger charge is -2.11. The predicted octanol–water partition coefficient (Wildman–Crippen LogP) is 3.74. The second-order valence-electron chi connectivity index (χ2n) is 7.28. The zero-order chi connectivity index (χ0) is 19.0. The van der Waals surface area contributed by atoms with Crippen molar-refractivity contribution in [1.29, 1.82) is 0 Å². The van der Waals surface area contributed by atoms with Gasteiger partial charge in [-0.2, -0.15) is 0 Å². The molecule has 1 heterocycles. The number of amides is 2. The van der Waals surface area contributed by atoms with Crippen molar-refractivity contribution < 1.29 is 9.59 Å². The molecule has 1 aliphatic carbocycles. The maximum atomic E-state index is 12.5.